The minimum atomic E-state index is -0.262. The molecule has 1 N–H and O–H groups in total. The van der Waals surface area contributed by atoms with Gasteiger partial charge in [-0.15, -0.1) is 11.3 Å². The molecule has 1 aliphatic rings. The number of aryl methyl sites for hydroxylation is 1. The van der Waals surface area contributed by atoms with Crippen molar-refractivity contribution in [2.24, 2.45) is 0 Å². The van der Waals surface area contributed by atoms with Gasteiger partial charge < -0.3 is 14.7 Å². The number of halogens is 1. The highest BCUT2D eigenvalue weighted by Crippen LogP contribution is 2.38. The lowest BCUT2D eigenvalue weighted by atomic mass is 9.94. The number of hydrogen-bond acceptors (Lipinski definition) is 5. The Labute approximate surface area is 206 Å². The number of rotatable bonds is 5. The smallest absolute Gasteiger partial charge is 0.258 e. The number of thiocarbonyl (C=S) groups is 1. The lowest BCUT2D eigenvalue weighted by Crippen LogP contribution is -2.45. The van der Waals surface area contributed by atoms with E-state index in [1.54, 1.807) is 11.3 Å². The number of nitrogens with one attached hydrogen (secondary N) is 1. The molecule has 8 heteroatoms. The Morgan fingerprint density at radius 1 is 1.12 bits per heavy atom. The molecule has 166 valence electrons. The zero-order valence-electron chi connectivity index (χ0n) is 18.1. The van der Waals surface area contributed by atoms with Crippen LogP contribution in [0.1, 0.15) is 35.5 Å². The average Bonchev–Trinajstić information content (AvgIpc) is 3.48. The second-order valence-electron chi connectivity index (χ2n) is 7.91. The first-order valence-electron chi connectivity index (χ1n) is 10.5. The average molecular weight is 493 g/mol. The third-order valence-electron chi connectivity index (χ3n) is 5.60. The van der Waals surface area contributed by atoms with Gasteiger partial charge in [0.2, 0.25) is 5.82 Å². The van der Waals surface area contributed by atoms with Gasteiger partial charge in [-0.25, -0.2) is 0 Å². The molecule has 0 saturated heterocycles. The Morgan fingerprint density at radius 3 is 2.73 bits per heavy atom. The molecule has 5 rings (SSSR count). The summed E-state index contributed by atoms with van der Waals surface area (Å²) in [6.45, 7) is 4.77. The fraction of sp³-hybridized carbons (Fsp3) is 0.160. The van der Waals surface area contributed by atoms with Gasteiger partial charge in [-0.3, -0.25) is 0 Å². The maximum Gasteiger partial charge on any atom is 0.258 e. The van der Waals surface area contributed by atoms with Crippen LogP contribution in [0.4, 0.5) is 0 Å². The van der Waals surface area contributed by atoms with Gasteiger partial charge in [0.05, 0.1) is 16.5 Å². The first-order valence-corrected chi connectivity index (χ1v) is 12.1. The van der Waals surface area contributed by atoms with Crippen molar-refractivity contribution < 1.29 is 4.52 Å². The summed E-state index contributed by atoms with van der Waals surface area (Å²) in [5.41, 5.74) is 5.20. The van der Waals surface area contributed by atoms with Crippen LogP contribution in [-0.4, -0.2) is 20.2 Å². The summed E-state index contributed by atoms with van der Waals surface area (Å²) >= 11 is 13.7. The van der Waals surface area contributed by atoms with Gasteiger partial charge in [0.1, 0.15) is 0 Å². The SMILES string of the molecule is CC1=C(c2nc(-c3cccs3)no2)C(c2cccc(Cl)c2)NC(=S)N1Cc1cccc(C)c1. The molecular formula is C25H21ClN4OS2. The molecule has 2 aromatic heterocycles. The van der Waals surface area contributed by atoms with Gasteiger partial charge in [-0.2, -0.15) is 4.98 Å². The molecule has 0 saturated carbocycles. The van der Waals surface area contributed by atoms with Crippen molar-refractivity contribution in [2.45, 2.75) is 26.4 Å². The number of thiophene rings is 1. The third kappa shape index (κ3) is 4.44. The van der Waals surface area contributed by atoms with E-state index in [9.17, 15) is 0 Å². The summed E-state index contributed by atoms with van der Waals surface area (Å²) < 4.78 is 5.78. The van der Waals surface area contributed by atoms with E-state index in [0.29, 0.717) is 28.4 Å². The summed E-state index contributed by atoms with van der Waals surface area (Å²) in [4.78, 5) is 7.77. The van der Waals surface area contributed by atoms with Gasteiger partial charge >= 0.3 is 0 Å². The molecule has 3 heterocycles. The maximum absolute atomic E-state index is 6.32. The Bertz CT molecular complexity index is 1350. The van der Waals surface area contributed by atoms with Crippen molar-refractivity contribution in [2.75, 3.05) is 0 Å². The molecule has 5 nitrogen and oxygen atoms in total. The fourth-order valence-electron chi connectivity index (χ4n) is 4.02. The predicted octanol–water partition coefficient (Wildman–Crippen LogP) is 6.62. The van der Waals surface area contributed by atoms with Gasteiger partial charge in [-0.1, -0.05) is 64.8 Å². The Kier molecular flexibility index (Phi) is 6.01. The van der Waals surface area contributed by atoms with Crippen LogP contribution < -0.4 is 5.32 Å². The van der Waals surface area contributed by atoms with Gasteiger partial charge in [0.25, 0.3) is 5.89 Å². The second-order valence-corrected chi connectivity index (χ2v) is 9.68. The molecule has 1 unspecified atom stereocenters. The maximum atomic E-state index is 6.32. The zero-order chi connectivity index (χ0) is 22.9. The first kappa shape index (κ1) is 21.8. The minimum absolute atomic E-state index is 0.262. The Balaban J connectivity index is 1.61. The zero-order valence-corrected chi connectivity index (χ0v) is 20.5. The first-order chi connectivity index (χ1) is 16.0. The molecule has 0 fully saturated rings. The third-order valence-corrected chi connectivity index (χ3v) is 7.04. The van der Waals surface area contributed by atoms with Crippen molar-refractivity contribution in [1.82, 2.24) is 20.4 Å². The van der Waals surface area contributed by atoms with Crippen LogP contribution in [0.5, 0.6) is 0 Å². The number of benzene rings is 2. The van der Waals surface area contributed by atoms with Crippen LogP contribution in [0.25, 0.3) is 16.3 Å². The van der Waals surface area contributed by atoms with Crippen LogP contribution in [0.15, 0.2) is 76.3 Å². The molecular weight excluding hydrogens is 472 g/mol. The van der Waals surface area contributed by atoms with E-state index in [-0.39, 0.29) is 6.04 Å². The van der Waals surface area contributed by atoms with Crippen LogP contribution in [0, 0.1) is 6.92 Å². The standard InChI is InChI=1S/C25H21ClN4OS2/c1-15-6-3-7-17(12-15)14-30-16(2)21(24-28-23(29-31-24)20-10-5-11-33-20)22(27-25(30)32)18-8-4-9-19(26)13-18/h3-13,22H,14H2,1-2H3,(H,27,32). The summed E-state index contributed by atoms with van der Waals surface area (Å²) in [5.74, 6) is 1.04. The van der Waals surface area contributed by atoms with Crippen molar-refractivity contribution in [3.63, 3.8) is 0 Å². The lowest BCUT2D eigenvalue weighted by molar-refractivity contribution is 0.396. The number of hydrogen-bond donors (Lipinski definition) is 1. The molecule has 4 aromatic rings. The summed E-state index contributed by atoms with van der Waals surface area (Å²) in [6, 6.07) is 19.8. The summed E-state index contributed by atoms with van der Waals surface area (Å²) in [5, 5.41) is 11.0. The number of aromatic nitrogens is 2. The monoisotopic (exact) mass is 492 g/mol. The van der Waals surface area contributed by atoms with Crippen molar-refractivity contribution in [3.05, 3.63) is 99.3 Å². The molecule has 2 aromatic carbocycles. The topological polar surface area (TPSA) is 54.2 Å². The van der Waals surface area contributed by atoms with Gasteiger partial charge in [-0.05, 0) is 60.8 Å². The molecule has 0 spiro atoms. The normalized spacial score (nSPS) is 16.3. The predicted molar refractivity (Wildman–Crippen MR) is 137 cm³/mol. The van der Waals surface area contributed by atoms with Crippen LogP contribution in [0.3, 0.4) is 0 Å². The quantitative estimate of drug-likeness (QED) is 0.316. The van der Waals surface area contributed by atoms with Gasteiger partial charge in [0, 0.05) is 17.3 Å². The minimum Gasteiger partial charge on any atom is -0.351 e. The summed E-state index contributed by atoms with van der Waals surface area (Å²) in [6.07, 6.45) is 0. The van der Waals surface area contributed by atoms with Crippen LogP contribution in [0.2, 0.25) is 5.02 Å². The van der Waals surface area contributed by atoms with Gasteiger partial charge in [0.15, 0.2) is 5.11 Å². The van der Waals surface area contributed by atoms with E-state index in [1.807, 2.05) is 48.7 Å². The molecule has 33 heavy (non-hydrogen) atoms. The van der Waals surface area contributed by atoms with E-state index >= 15 is 0 Å². The van der Waals surface area contributed by atoms with E-state index in [4.69, 9.17) is 33.3 Å². The molecule has 0 bridgehead atoms. The molecule has 0 aliphatic carbocycles. The largest absolute Gasteiger partial charge is 0.351 e. The van der Waals surface area contributed by atoms with E-state index < -0.39 is 0 Å². The van der Waals surface area contributed by atoms with E-state index in [1.165, 1.54) is 11.1 Å². The van der Waals surface area contributed by atoms with E-state index in [0.717, 1.165) is 21.7 Å². The number of nitrogens with zero attached hydrogens (tertiary/aromatic N) is 3. The highest BCUT2D eigenvalue weighted by molar-refractivity contribution is 7.80. The number of allylic oxidation sites excluding steroid dienone is 1. The lowest BCUT2D eigenvalue weighted by Gasteiger charge is -2.37. The van der Waals surface area contributed by atoms with Crippen LogP contribution >= 0.6 is 35.2 Å². The second kappa shape index (κ2) is 9.09. The van der Waals surface area contributed by atoms with E-state index in [2.05, 4.69) is 46.6 Å². The molecule has 1 atom stereocenters. The van der Waals surface area contributed by atoms with Crippen molar-refractivity contribution in [1.29, 1.82) is 0 Å². The van der Waals surface area contributed by atoms with Crippen molar-refractivity contribution in [3.8, 4) is 10.7 Å². The highest BCUT2D eigenvalue weighted by Gasteiger charge is 2.34. The molecule has 1 aliphatic heterocycles. The Hall–Kier alpha value is -3.00. The fourth-order valence-corrected chi connectivity index (χ4v) is 5.18. The van der Waals surface area contributed by atoms with Crippen molar-refractivity contribution >= 4 is 45.8 Å². The molecule has 0 amide bonds. The Morgan fingerprint density at radius 2 is 1.97 bits per heavy atom. The van der Waals surface area contributed by atoms with Crippen LogP contribution in [-0.2, 0) is 6.54 Å². The highest BCUT2D eigenvalue weighted by atomic mass is 35.5. The summed E-state index contributed by atoms with van der Waals surface area (Å²) in [7, 11) is 0. The molecule has 0 radical (unpaired) electrons.